The van der Waals surface area contributed by atoms with Crippen molar-refractivity contribution in [2.24, 2.45) is 5.14 Å². The van der Waals surface area contributed by atoms with Crippen LogP contribution >= 0.6 is 11.3 Å². The van der Waals surface area contributed by atoms with Gasteiger partial charge < -0.3 is 5.32 Å². The van der Waals surface area contributed by atoms with E-state index in [-0.39, 0.29) is 16.2 Å². The van der Waals surface area contributed by atoms with Crippen molar-refractivity contribution in [1.82, 2.24) is 5.32 Å². The van der Waals surface area contributed by atoms with Crippen molar-refractivity contribution in [3.05, 3.63) is 16.5 Å². The highest BCUT2D eigenvalue weighted by Crippen LogP contribution is 2.25. The van der Waals surface area contributed by atoms with Crippen LogP contribution in [0.2, 0.25) is 0 Å². The first kappa shape index (κ1) is 18.1. The molecule has 120 valence electrons. The predicted octanol–water partition coefficient (Wildman–Crippen LogP) is 2.79. The Labute approximate surface area is 131 Å². The van der Waals surface area contributed by atoms with Gasteiger partial charge in [0, 0.05) is 11.4 Å². The van der Waals surface area contributed by atoms with E-state index in [0.717, 1.165) is 24.2 Å². The number of primary sulfonamides is 1. The Morgan fingerprint density at radius 2 is 2.05 bits per heavy atom. The number of unbranched alkanes of at least 4 members (excludes halogenated alkanes) is 3. The molecule has 0 aromatic carbocycles. The summed E-state index contributed by atoms with van der Waals surface area (Å²) < 4.78 is 22.8. The first-order chi connectivity index (χ1) is 9.77. The standard InChI is InChI=1S/C14H24N2O3S2/c1-4-5-6-7-8-10(2)16-13(17)12-9-20-14(11(12)3)21(15,18)19/h9-10H,4-8H2,1-3H3,(H,16,17)(H2,15,18,19). The molecule has 1 amide bonds. The quantitative estimate of drug-likeness (QED) is 0.717. The summed E-state index contributed by atoms with van der Waals surface area (Å²) in [6, 6.07) is 0.0755. The van der Waals surface area contributed by atoms with Gasteiger partial charge >= 0.3 is 0 Å². The zero-order chi connectivity index (χ0) is 16.0. The van der Waals surface area contributed by atoms with Gasteiger partial charge in [0.1, 0.15) is 4.21 Å². The van der Waals surface area contributed by atoms with Crippen LogP contribution in [0.25, 0.3) is 0 Å². The highest BCUT2D eigenvalue weighted by Gasteiger charge is 2.21. The maximum absolute atomic E-state index is 12.2. The summed E-state index contributed by atoms with van der Waals surface area (Å²) >= 11 is 0.989. The summed E-state index contributed by atoms with van der Waals surface area (Å²) in [4.78, 5) is 12.2. The van der Waals surface area contributed by atoms with Crippen LogP contribution in [0.15, 0.2) is 9.59 Å². The zero-order valence-electron chi connectivity index (χ0n) is 12.8. The molecule has 0 aliphatic heterocycles. The van der Waals surface area contributed by atoms with Gasteiger partial charge in [0.2, 0.25) is 10.0 Å². The van der Waals surface area contributed by atoms with Gasteiger partial charge in [-0.25, -0.2) is 13.6 Å². The van der Waals surface area contributed by atoms with E-state index in [4.69, 9.17) is 5.14 Å². The van der Waals surface area contributed by atoms with E-state index in [9.17, 15) is 13.2 Å². The second-order valence-electron chi connectivity index (χ2n) is 5.33. The number of hydrogen-bond acceptors (Lipinski definition) is 4. The van der Waals surface area contributed by atoms with Gasteiger partial charge in [-0.3, -0.25) is 4.79 Å². The van der Waals surface area contributed by atoms with E-state index < -0.39 is 10.0 Å². The summed E-state index contributed by atoms with van der Waals surface area (Å²) in [6.07, 6.45) is 5.58. The van der Waals surface area contributed by atoms with E-state index in [1.165, 1.54) is 19.3 Å². The molecule has 0 saturated heterocycles. The molecule has 1 aromatic heterocycles. The topological polar surface area (TPSA) is 89.3 Å². The number of nitrogens with one attached hydrogen (secondary N) is 1. The predicted molar refractivity (Wildman–Crippen MR) is 86.1 cm³/mol. The Balaban J connectivity index is 2.62. The van der Waals surface area contributed by atoms with E-state index in [0.29, 0.717) is 11.1 Å². The molecule has 21 heavy (non-hydrogen) atoms. The van der Waals surface area contributed by atoms with Gasteiger partial charge in [0.05, 0.1) is 5.56 Å². The van der Waals surface area contributed by atoms with Crippen LogP contribution in [-0.2, 0) is 10.0 Å². The Morgan fingerprint density at radius 1 is 1.38 bits per heavy atom. The van der Waals surface area contributed by atoms with Crippen LogP contribution in [0, 0.1) is 6.92 Å². The summed E-state index contributed by atoms with van der Waals surface area (Å²) in [6.45, 7) is 5.73. The fraction of sp³-hybridized carbons (Fsp3) is 0.643. The molecule has 3 N–H and O–H groups in total. The van der Waals surface area contributed by atoms with Crippen molar-refractivity contribution in [2.45, 2.75) is 63.1 Å². The summed E-state index contributed by atoms with van der Waals surface area (Å²) in [7, 11) is -3.76. The third-order valence-corrected chi connectivity index (χ3v) is 6.05. The van der Waals surface area contributed by atoms with Crippen LogP contribution < -0.4 is 10.5 Å². The molecule has 0 aliphatic rings. The van der Waals surface area contributed by atoms with Crippen molar-refractivity contribution < 1.29 is 13.2 Å². The lowest BCUT2D eigenvalue weighted by Crippen LogP contribution is -2.32. The number of amides is 1. The lowest BCUT2D eigenvalue weighted by Gasteiger charge is -2.13. The number of nitrogens with two attached hydrogens (primary N) is 1. The van der Waals surface area contributed by atoms with Crippen molar-refractivity contribution >= 4 is 27.3 Å². The van der Waals surface area contributed by atoms with Gasteiger partial charge in [-0.15, -0.1) is 11.3 Å². The van der Waals surface area contributed by atoms with Crippen LogP contribution in [0.3, 0.4) is 0 Å². The normalized spacial score (nSPS) is 13.1. The first-order valence-electron chi connectivity index (χ1n) is 7.19. The third kappa shape index (κ3) is 5.41. The number of rotatable bonds is 8. The number of thiophene rings is 1. The van der Waals surface area contributed by atoms with Crippen LogP contribution in [0.5, 0.6) is 0 Å². The van der Waals surface area contributed by atoms with Gasteiger partial charge in [-0.05, 0) is 25.8 Å². The smallest absolute Gasteiger partial charge is 0.252 e. The Bertz CT molecular complexity index is 579. The Kier molecular flexibility index (Phi) is 6.83. The van der Waals surface area contributed by atoms with Gasteiger partial charge in [-0.1, -0.05) is 32.6 Å². The molecule has 0 bridgehead atoms. The van der Waals surface area contributed by atoms with Crippen LogP contribution in [0.4, 0.5) is 0 Å². The van der Waals surface area contributed by atoms with Gasteiger partial charge in [0.15, 0.2) is 0 Å². The number of carbonyl (C=O) groups is 1. The van der Waals surface area contributed by atoms with Crippen molar-refractivity contribution in [2.75, 3.05) is 0 Å². The lowest BCUT2D eigenvalue weighted by molar-refractivity contribution is 0.0937. The molecule has 1 aromatic rings. The minimum absolute atomic E-state index is 0.0586. The molecule has 0 saturated carbocycles. The molecule has 1 atom stereocenters. The van der Waals surface area contributed by atoms with E-state index >= 15 is 0 Å². The first-order valence-corrected chi connectivity index (χ1v) is 9.61. The fourth-order valence-corrected chi connectivity index (χ4v) is 4.17. The molecule has 1 unspecified atom stereocenters. The average Bonchev–Trinajstić information content (AvgIpc) is 2.76. The number of hydrogen-bond donors (Lipinski definition) is 2. The Morgan fingerprint density at radius 3 is 2.57 bits per heavy atom. The number of sulfonamides is 1. The third-order valence-electron chi connectivity index (χ3n) is 3.37. The monoisotopic (exact) mass is 332 g/mol. The highest BCUT2D eigenvalue weighted by atomic mass is 32.2. The minimum Gasteiger partial charge on any atom is -0.350 e. The molecule has 0 aliphatic carbocycles. The van der Waals surface area contributed by atoms with Crippen molar-refractivity contribution in [3.63, 3.8) is 0 Å². The maximum Gasteiger partial charge on any atom is 0.252 e. The zero-order valence-corrected chi connectivity index (χ0v) is 14.4. The van der Waals surface area contributed by atoms with Crippen LogP contribution in [0.1, 0.15) is 61.9 Å². The lowest BCUT2D eigenvalue weighted by atomic mass is 10.1. The molecule has 0 spiro atoms. The van der Waals surface area contributed by atoms with Crippen LogP contribution in [-0.4, -0.2) is 20.4 Å². The van der Waals surface area contributed by atoms with Gasteiger partial charge in [-0.2, -0.15) is 0 Å². The maximum atomic E-state index is 12.2. The van der Waals surface area contributed by atoms with Gasteiger partial charge in [0.25, 0.3) is 5.91 Å². The van der Waals surface area contributed by atoms with Crippen molar-refractivity contribution in [1.29, 1.82) is 0 Å². The molecule has 1 heterocycles. The minimum atomic E-state index is -3.76. The Hall–Kier alpha value is -0.920. The second-order valence-corrected chi connectivity index (χ2v) is 7.97. The largest absolute Gasteiger partial charge is 0.350 e. The van der Waals surface area contributed by atoms with E-state index in [2.05, 4.69) is 12.2 Å². The second kappa shape index (κ2) is 7.91. The van der Waals surface area contributed by atoms with E-state index in [1.807, 2.05) is 6.92 Å². The highest BCUT2D eigenvalue weighted by molar-refractivity contribution is 7.91. The molecular formula is C14H24N2O3S2. The SMILES string of the molecule is CCCCCCC(C)NC(=O)c1csc(S(N)(=O)=O)c1C. The molecule has 7 heteroatoms. The summed E-state index contributed by atoms with van der Waals surface area (Å²) in [5.41, 5.74) is 0.822. The molecule has 0 radical (unpaired) electrons. The fourth-order valence-electron chi connectivity index (χ4n) is 2.15. The summed E-state index contributed by atoms with van der Waals surface area (Å²) in [5, 5.41) is 9.58. The molecule has 0 fully saturated rings. The van der Waals surface area contributed by atoms with Crippen molar-refractivity contribution in [3.8, 4) is 0 Å². The molecule has 1 rings (SSSR count). The average molecular weight is 332 g/mol. The molecular weight excluding hydrogens is 308 g/mol. The number of carbonyl (C=O) groups excluding carboxylic acids is 1. The molecule has 5 nitrogen and oxygen atoms in total. The summed E-state index contributed by atoms with van der Waals surface area (Å²) in [5.74, 6) is -0.235. The van der Waals surface area contributed by atoms with E-state index in [1.54, 1.807) is 12.3 Å².